The molecule has 0 bridgehead atoms. The molecule has 0 spiro atoms. The lowest BCUT2D eigenvalue weighted by molar-refractivity contribution is -0.117. The van der Waals surface area contributed by atoms with Crippen molar-refractivity contribution >= 4 is 29.1 Å². The minimum atomic E-state index is -0.385. The monoisotopic (exact) mass is 434 g/mol. The van der Waals surface area contributed by atoms with Crippen LogP contribution in [0.15, 0.2) is 67.0 Å². The van der Waals surface area contributed by atoms with Crippen molar-refractivity contribution in [1.29, 1.82) is 0 Å². The smallest absolute Gasteiger partial charge is 0.257 e. The number of carbonyl (C=O) groups is 2. The summed E-state index contributed by atoms with van der Waals surface area (Å²) >= 11 is 0. The number of rotatable bonds is 6. The molecule has 2 aromatic carbocycles. The highest BCUT2D eigenvalue weighted by Gasteiger charge is 2.21. The van der Waals surface area contributed by atoms with E-state index in [4.69, 9.17) is 0 Å². The predicted molar refractivity (Wildman–Crippen MR) is 120 cm³/mol. The molecule has 9 heteroatoms. The molecule has 0 atom stereocenters. The summed E-state index contributed by atoms with van der Waals surface area (Å²) in [6.07, 6.45) is 3.43. The first-order valence-electron chi connectivity index (χ1n) is 10.3. The molecule has 3 aromatic rings. The van der Waals surface area contributed by atoms with Gasteiger partial charge in [0.15, 0.2) is 0 Å². The highest BCUT2D eigenvalue weighted by Crippen LogP contribution is 2.18. The van der Waals surface area contributed by atoms with Gasteiger partial charge in [0, 0.05) is 44.3 Å². The van der Waals surface area contributed by atoms with E-state index in [0.717, 1.165) is 13.1 Å². The molecule has 0 aliphatic carbocycles. The number of para-hydroxylation sites is 1. The van der Waals surface area contributed by atoms with E-state index in [-0.39, 0.29) is 24.2 Å². The Kier molecular flexibility index (Phi) is 6.66. The summed E-state index contributed by atoms with van der Waals surface area (Å²) < 4.78 is 13.1. The van der Waals surface area contributed by atoms with E-state index >= 15 is 0 Å². The van der Waals surface area contributed by atoms with E-state index in [0.29, 0.717) is 36.0 Å². The van der Waals surface area contributed by atoms with Gasteiger partial charge in [0.1, 0.15) is 5.82 Å². The summed E-state index contributed by atoms with van der Waals surface area (Å²) in [4.78, 5) is 38.0. The van der Waals surface area contributed by atoms with E-state index < -0.39 is 0 Å². The number of anilines is 3. The maximum absolute atomic E-state index is 13.1. The number of halogens is 1. The zero-order valence-electron chi connectivity index (χ0n) is 17.4. The summed E-state index contributed by atoms with van der Waals surface area (Å²) in [5, 5.41) is 5.55. The fraction of sp³-hybridized carbons (Fsp3) is 0.217. The van der Waals surface area contributed by atoms with Gasteiger partial charge >= 0.3 is 0 Å². The molecule has 0 radical (unpaired) electrons. The van der Waals surface area contributed by atoms with Crippen molar-refractivity contribution < 1.29 is 14.0 Å². The molecular weight excluding hydrogens is 411 g/mol. The average Bonchev–Trinajstić information content (AvgIpc) is 2.82. The fourth-order valence-corrected chi connectivity index (χ4v) is 3.48. The number of amides is 2. The fourth-order valence-electron chi connectivity index (χ4n) is 3.48. The van der Waals surface area contributed by atoms with Gasteiger partial charge in [0.05, 0.1) is 17.8 Å². The van der Waals surface area contributed by atoms with Crippen molar-refractivity contribution in [3.8, 4) is 0 Å². The molecule has 0 saturated carbocycles. The highest BCUT2D eigenvalue weighted by molar-refractivity contribution is 6.10. The van der Waals surface area contributed by atoms with E-state index in [1.807, 2.05) is 0 Å². The lowest BCUT2D eigenvalue weighted by Crippen LogP contribution is -2.49. The first-order chi connectivity index (χ1) is 15.6. The van der Waals surface area contributed by atoms with Crippen molar-refractivity contribution in [3.05, 3.63) is 78.4 Å². The van der Waals surface area contributed by atoms with Gasteiger partial charge < -0.3 is 15.5 Å². The minimum Gasteiger partial charge on any atom is -0.338 e. The molecule has 2 N–H and O–H groups in total. The Morgan fingerprint density at radius 1 is 0.875 bits per heavy atom. The molecule has 4 rings (SSSR count). The van der Waals surface area contributed by atoms with Gasteiger partial charge in [-0.1, -0.05) is 12.1 Å². The first-order valence-corrected chi connectivity index (χ1v) is 10.3. The Morgan fingerprint density at radius 3 is 2.28 bits per heavy atom. The second kappa shape index (κ2) is 9.97. The van der Waals surface area contributed by atoms with Crippen LogP contribution in [-0.2, 0) is 4.79 Å². The largest absolute Gasteiger partial charge is 0.338 e. The van der Waals surface area contributed by atoms with Crippen LogP contribution in [0.25, 0.3) is 0 Å². The van der Waals surface area contributed by atoms with Gasteiger partial charge in [0.25, 0.3) is 5.91 Å². The number of carbonyl (C=O) groups excluding carboxylic acids is 2. The third-order valence-corrected chi connectivity index (χ3v) is 5.12. The SMILES string of the molecule is O=C(CN1CCN(c2ncccn2)CC1)Nc1ccccc1C(=O)Nc1ccc(F)cc1. The second-order valence-electron chi connectivity index (χ2n) is 7.37. The molecule has 1 saturated heterocycles. The minimum absolute atomic E-state index is 0.198. The Bertz CT molecular complexity index is 1070. The Labute approximate surface area is 185 Å². The summed E-state index contributed by atoms with van der Waals surface area (Å²) in [6.45, 7) is 3.09. The van der Waals surface area contributed by atoms with Gasteiger partial charge in [0.2, 0.25) is 11.9 Å². The number of piperazine rings is 1. The van der Waals surface area contributed by atoms with E-state index in [9.17, 15) is 14.0 Å². The first kappa shape index (κ1) is 21.4. The number of benzene rings is 2. The lowest BCUT2D eigenvalue weighted by atomic mass is 10.1. The summed E-state index contributed by atoms with van der Waals surface area (Å²) in [5.41, 5.74) is 1.22. The Hall–Kier alpha value is -3.85. The zero-order chi connectivity index (χ0) is 22.3. The van der Waals surface area contributed by atoms with Gasteiger partial charge in [-0.15, -0.1) is 0 Å². The van der Waals surface area contributed by atoms with Crippen LogP contribution < -0.4 is 15.5 Å². The molecule has 2 heterocycles. The molecule has 1 aliphatic heterocycles. The van der Waals surface area contributed by atoms with E-state index in [1.165, 1.54) is 24.3 Å². The molecular formula is C23H23FN6O2. The van der Waals surface area contributed by atoms with Crippen molar-refractivity contribution in [3.63, 3.8) is 0 Å². The van der Waals surface area contributed by atoms with Crippen molar-refractivity contribution in [2.75, 3.05) is 48.3 Å². The molecule has 8 nitrogen and oxygen atoms in total. The maximum atomic E-state index is 13.1. The summed E-state index contributed by atoms with van der Waals surface area (Å²) in [5.74, 6) is -0.272. The van der Waals surface area contributed by atoms with Gasteiger partial charge in [-0.25, -0.2) is 14.4 Å². The van der Waals surface area contributed by atoms with Crippen LogP contribution in [0.5, 0.6) is 0 Å². The molecule has 1 aromatic heterocycles. The number of nitrogens with zero attached hydrogens (tertiary/aromatic N) is 4. The van der Waals surface area contributed by atoms with Crippen LogP contribution in [0.3, 0.4) is 0 Å². The van der Waals surface area contributed by atoms with Crippen molar-refractivity contribution in [2.45, 2.75) is 0 Å². The number of aromatic nitrogens is 2. The summed E-state index contributed by atoms with van der Waals surface area (Å²) in [6, 6.07) is 14.1. The maximum Gasteiger partial charge on any atom is 0.257 e. The normalized spacial score (nSPS) is 14.1. The zero-order valence-corrected chi connectivity index (χ0v) is 17.4. The molecule has 2 amide bonds. The predicted octanol–water partition coefficient (Wildman–Crippen LogP) is 2.63. The molecule has 164 valence electrons. The lowest BCUT2D eigenvalue weighted by Gasteiger charge is -2.34. The van der Waals surface area contributed by atoms with Gasteiger partial charge in [-0.05, 0) is 42.5 Å². The van der Waals surface area contributed by atoms with Crippen LogP contribution in [0.1, 0.15) is 10.4 Å². The van der Waals surface area contributed by atoms with Crippen molar-refractivity contribution in [1.82, 2.24) is 14.9 Å². The average molecular weight is 434 g/mol. The Balaban J connectivity index is 1.33. The van der Waals surface area contributed by atoms with E-state index in [1.54, 1.807) is 42.7 Å². The van der Waals surface area contributed by atoms with Gasteiger partial charge in [-0.3, -0.25) is 14.5 Å². The molecule has 0 unspecified atom stereocenters. The van der Waals surface area contributed by atoms with Crippen molar-refractivity contribution in [2.24, 2.45) is 0 Å². The van der Waals surface area contributed by atoms with Crippen LogP contribution >= 0.6 is 0 Å². The highest BCUT2D eigenvalue weighted by atomic mass is 19.1. The quantitative estimate of drug-likeness (QED) is 0.620. The Morgan fingerprint density at radius 2 is 1.56 bits per heavy atom. The number of hydrogen-bond acceptors (Lipinski definition) is 6. The van der Waals surface area contributed by atoms with Crippen LogP contribution in [-0.4, -0.2) is 59.4 Å². The van der Waals surface area contributed by atoms with Crippen LogP contribution in [0.2, 0.25) is 0 Å². The number of hydrogen-bond donors (Lipinski definition) is 2. The van der Waals surface area contributed by atoms with Crippen LogP contribution in [0, 0.1) is 5.82 Å². The van der Waals surface area contributed by atoms with Gasteiger partial charge in [-0.2, -0.15) is 0 Å². The second-order valence-corrected chi connectivity index (χ2v) is 7.37. The molecule has 1 fully saturated rings. The van der Waals surface area contributed by atoms with E-state index in [2.05, 4.69) is 30.4 Å². The molecule has 1 aliphatic rings. The third kappa shape index (κ3) is 5.44. The van der Waals surface area contributed by atoms with Crippen LogP contribution in [0.4, 0.5) is 21.7 Å². The summed E-state index contributed by atoms with van der Waals surface area (Å²) in [7, 11) is 0. The third-order valence-electron chi connectivity index (χ3n) is 5.12. The molecule has 32 heavy (non-hydrogen) atoms. The topological polar surface area (TPSA) is 90.5 Å². The standard InChI is InChI=1S/C23H23FN6O2/c24-17-6-8-18(9-7-17)27-22(32)19-4-1-2-5-20(19)28-21(31)16-29-12-14-30(15-13-29)23-25-10-3-11-26-23/h1-11H,12-16H2,(H,27,32)(H,28,31). The number of nitrogens with one attached hydrogen (secondary N) is 2.